The molecule has 1 aliphatic heterocycles. The Morgan fingerprint density at radius 3 is 2.65 bits per heavy atom. The van der Waals surface area contributed by atoms with Crippen LogP contribution in [0, 0.1) is 13.8 Å². The van der Waals surface area contributed by atoms with Gasteiger partial charge in [0.1, 0.15) is 0 Å². The lowest BCUT2D eigenvalue weighted by Crippen LogP contribution is -2.42. The molecule has 0 amide bonds. The number of anilines is 1. The van der Waals surface area contributed by atoms with E-state index >= 15 is 0 Å². The van der Waals surface area contributed by atoms with Gasteiger partial charge in [-0.05, 0) is 52.3 Å². The van der Waals surface area contributed by atoms with E-state index in [4.69, 9.17) is 0 Å². The Morgan fingerprint density at radius 2 is 1.94 bits per heavy atom. The number of hydrogen-bond donors (Lipinski definition) is 1. The first-order chi connectivity index (χ1) is 8.09. The van der Waals surface area contributed by atoms with Crippen LogP contribution in [0.3, 0.4) is 0 Å². The summed E-state index contributed by atoms with van der Waals surface area (Å²) in [5.74, 6) is 0. The molecule has 1 aliphatic rings. The molecule has 0 aliphatic carbocycles. The maximum atomic E-state index is 3.52. The predicted octanol–water partition coefficient (Wildman–Crippen LogP) is 2.88. The number of aryl methyl sites for hydroxylation is 2. The molecule has 0 spiro atoms. The Kier molecular flexibility index (Phi) is 3.72. The summed E-state index contributed by atoms with van der Waals surface area (Å²) in [6.45, 7) is 11.2. The fraction of sp³-hybridized carbons (Fsp3) is 0.600. The van der Waals surface area contributed by atoms with E-state index in [1.54, 1.807) is 0 Å². The van der Waals surface area contributed by atoms with Crippen molar-refractivity contribution in [2.45, 2.75) is 46.2 Å². The fourth-order valence-corrected chi connectivity index (χ4v) is 2.86. The second-order valence-electron chi connectivity index (χ2n) is 5.39. The normalized spacial score (nSPS) is 25.8. The van der Waals surface area contributed by atoms with Crippen LogP contribution in [0.1, 0.15) is 31.4 Å². The molecule has 1 N–H and O–H groups in total. The van der Waals surface area contributed by atoms with Gasteiger partial charge in [0.15, 0.2) is 0 Å². The van der Waals surface area contributed by atoms with Crippen molar-refractivity contribution in [1.29, 1.82) is 0 Å². The lowest BCUT2D eigenvalue weighted by Gasteiger charge is -2.35. The quantitative estimate of drug-likeness (QED) is 0.801. The third kappa shape index (κ3) is 2.63. The molecular formula is C15H24N2. The van der Waals surface area contributed by atoms with Crippen molar-refractivity contribution in [1.82, 2.24) is 5.32 Å². The van der Waals surface area contributed by atoms with Crippen molar-refractivity contribution in [2.75, 3.05) is 18.0 Å². The molecule has 1 aromatic rings. The molecule has 2 heteroatoms. The highest BCUT2D eigenvalue weighted by Crippen LogP contribution is 2.27. The van der Waals surface area contributed by atoms with Crippen LogP contribution in [-0.4, -0.2) is 25.2 Å². The van der Waals surface area contributed by atoms with Gasteiger partial charge in [-0.25, -0.2) is 0 Å². The minimum atomic E-state index is 0.564. The molecule has 2 rings (SSSR count). The summed E-state index contributed by atoms with van der Waals surface area (Å²) in [5.41, 5.74) is 4.14. The Hall–Kier alpha value is -1.02. The average Bonchev–Trinajstić information content (AvgIpc) is 2.42. The smallest absolute Gasteiger partial charge is 0.0401 e. The van der Waals surface area contributed by atoms with Crippen LogP contribution in [0.5, 0.6) is 0 Å². The number of nitrogens with one attached hydrogen (secondary N) is 1. The van der Waals surface area contributed by atoms with E-state index in [-0.39, 0.29) is 0 Å². The summed E-state index contributed by atoms with van der Waals surface area (Å²) in [5, 5.41) is 3.52. The zero-order chi connectivity index (χ0) is 12.4. The molecule has 2 atom stereocenters. The molecular weight excluding hydrogens is 208 g/mol. The summed E-state index contributed by atoms with van der Waals surface area (Å²) < 4.78 is 0. The second-order valence-corrected chi connectivity index (χ2v) is 5.39. The first-order valence-electron chi connectivity index (χ1n) is 6.66. The van der Waals surface area contributed by atoms with E-state index in [1.807, 2.05) is 0 Å². The van der Waals surface area contributed by atoms with E-state index in [9.17, 15) is 0 Å². The van der Waals surface area contributed by atoms with E-state index in [0.29, 0.717) is 12.1 Å². The van der Waals surface area contributed by atoms with Crippen molar-refractivity contribution in [3.63, 3.8) is 0 Å². The van der Waals surface area contributed by atoms with Crippen LogP contribution >= 0.6 is 0 Å². The first kappa shape index (κ1) is 12.4. The van der Waals surface area contributed by atoms with Crippen LogP contribution in [0.2, 0.25) is 0 Å². The van der Waals surface area contributed by atoms with E-state index in [1.165, 1.54) is 23.2 Å². The second kappa shape index (κ2) is 5.09. The standard InChI is InChI=1S/C15H24N2/c1-11-5-6-15(12(2)9-11)17-13(3)7-8-16-10-14(17)4/h5-6,9,13-14,16H,7-8,10H2,1-4H3. The molecule has 94 valence electrons. The van der Waals surface area contributed by atoms with Crippen molar-refractivity contribution >= 4 is 5.69 Å². The summed E-state index contributed by atoms with van der Waals surface area (Å²) in [6.07, 6.45) is 1.22. The van der Waals surface area contributed by atoms with Crippen LogP contribution in [0.25, 0.3) is 0 Å². The van der Waals surface area contributed by atoms with Crippen molar-refractivity contribution in [2.24, 2.45) is 0 Å². The maximum Gasteiger partial charge on any atom is 0.0401 e. The van der Waals surface area contributed by atoms with Gasteiger partial charge in [-0.2, -0.15) is 0 Å². The number of hydrogen-bond acceptors (Lipinski definition) is 2. The molecule has 1 aromatic carbocycles. The zero-order valence-corrected chi connectivity index (χ0v) is 11.5. The summed E-state index contributed by atoms with van der Waals surface area (Å²) >= 11 is 0. The molecule has 1 saturated heterocycles. The zero-order valence-electron chi connectivity index (χ0n) is 11.5. The fourth-order valence-electron chi connectivity index (χ4n) is 2.86. The highest BCUT2D eigenvalue weighted by molar-refractivity contribution is 5.56. The maximum absolute atomic E-state index is 3.52. The van der Waals surface area contributed by atoms with Crippen LogP contribution in [0.4, 0.5) is 5.69 Å². The van der Waals surface area contributed by atoms with Gasteiger partial charge in [-0.3, -0.25) is 0 Å². The minimum Gasteiger partial charge on any atom is -0.365 e. The van der Waals surface area contributed by atoms with Gasteiger partial charge in [0.25, 0.3) is 0 Å². The number of benzene rings is 1. The van der Waals surface area contributed by atoms with E-state index in [2.05, 4.69) is 56.1 Å². The van der Waals surface area contributed by atoms with Gasteiger partial charge in [-0.15, -0.1) is 0 Å². The molecule has 1 heterocycles. The SMILES string of the molecule is Cc1ccc(N2C(C)CCNCC2C)c(C)c1. The summed E-state index contributed by atoms with van der Waals surface area (Å²) in [4.78, 5) is 2.58. The van der Waals surface area contributed by atoms with Gasteiger partial charge in [0, 0.05) is 24.3 Å². The highest BCUT2D eigenvalue weighted by atomic mass is 15.2. The molecule has 0 bridgehead atoms. The van der Waals surface area contributed by atoms with Gasteiger partial charge in [0.05, 0.1) is 0 Å². The summed E-state index contributed by atoms with van der Waals surface area (Å²) in [7, 11) is 0. The molecule has 17 heavy (non-hydrogen) atoms. The number of nitrogens with zero attached hydrogens (tertiary/aromatic N) is 1. The Bertz CT molecular complexity index is 375. The Morgan fingerprint density at radius 1 is 1.18 bits per heavy atom. The van der Waals surface area contributed by atoms with Gasteiger partial charge < -0.3 is 10.2 Å². The highest BCUT2D eigenvalue weighted by Gasteiger charge is 2.23. The third-order valence-electron chi connectivity index (χ3n) is 3.76. The third-order valence-corrected chi connectivity index (χ3v) is 3.76. The molecule has 1 fully saturated rings. The van der Waals surface area contributed by atoms with Crippen LogP contribution in [0.15, 0.2) is 18.2 Å². The van der Waals surface area contributed by atoms with Crippen molar-refractivity contribution in [3.05, 3.63) is 29.3 Å². The molecule has 2 nitrogen and oxygen atoms in total. The van der Waals surface area contributed by atoms with E-state index in [0.717, 1.165) is 13.1 Å². The largest absolute Gasteiger partial charge is 0.365 e. The molecule has 0 aromatic heterocycles. The van der Waals surface area contributed by atoms with Crippen molar-refractivity contribution < 1.29 is 0 Å². The minimum absolute atomic E-state index is 0.564. The van der Waals surface area contributed by atoms with Gasteiger partial charge in [-0.1, -0.05) is 17.7 Å². The first-order valence-corrected chi connectivity index (χ1v) is 6.66. The lowest BCUT2D eigenvalue weighted by molar-refractivity contribution is 0.574. The van der Waals surface area contributed by atoms with Crippen LogP contribution < -0.4 is 10.2 Å². The molecule has 0 saturated carbocycles. The van der Waals surface area contributed by atoms with Crippen molar-refractivity contribution in [3.8, 4) is 0 Å². The molecule has 0 radical (unpaired) electrons. The van der Waals surface area contributed by atoms with Gasteiger partial charge in [0.2, 0.25) is 0 Å². The topological polar surface area (TPSA) is 15.3 Å². The number of rotatable bonds is 1. The summed E-state index contributed by atoms with van der Waals surface area (Å²) in [6, 6.07) is 7.96. The Balaban J connectivity index is 2.34. The molecule has 2 unspecified atom stereocenters. The Labute approximate surface area is 105 Å². The van der Waals surface area contributed by atoms with Crippen LogP contribution in [-0.2, 0) is 0 Å². The monoisotopic (exact) mass is 232 g/mol. The predicted molar refractivity (Wildman–Crippen MR) is 74.8 cm³/mol. The lowest BCUT2D eigenvalue weighted by atomic mass is 10.1. The van der Waals surface area contributed by atoms with Gasteiger partial charge >= 0.3 is 0 Å². The van der Waals surface area contributed by atoms with E-state index < -0.39 is 0 Å². The average molecular weight is 232 g/mol.